The van der Waals surface area contributed by atoms with E-state index in [1.54, 1.807) is 12.1 Å². The van der Waals surface area contributed by atoms with Crippen LogP contribution in [-0.2, 0) is 6.61 Å². The van der Waals surface area contributed by atoms with Crippen LogP contribution in [0.1, 0.15) is 5.56 Å². The number of phenolic OH excluding ortho intramolecular Hbond substituents is 2. The Morgan fingerprint density at radius 2 is 1.55 bits per heavy atom. The van der Waals surface area contributed by atoms with E-state index < -0.39 is 16.9 Å². The van der Waals surface area contributed by atoms with Crippen molar-refractivity contribution in [2.45, 2.75) is 6.61 Å². The molecule has 0 aliphatic heterocycles. The predicted octanol–water partition coefficient (Wildman–Crippen LogP) is 4.46. The van der Waals surface area contributed by atoms with E-state index in [0.717, 1.165) is 5.56 Å². The van der Waals surface area contributed by atoms with E-state index in [2.05, 4.69) is 0 Å². The molecule has 0 aliphatic rings. The Morgan fingerprint density at radius 1 is 0.897 bits per heavy atom. The summed E-state index contributed by atoms with van der Waals surface area (Å²) >= 11 is 0. The fraction of sp³-hybridized carbons (Fsp3) is 0.0870. The molecule has 0 saturated carbocycles. The summed E-state index contributed by atoms with van der Waals surface area (Å²) in [7, 11) is 1.37. The first-order chi connectivity index (χ1) is 14.1. The van der Waals surface area contributed by atoms with Gasteiger partial charge in [0.2, 0.25) is 17.2 Å². The number of hydrogen-bond acceptors (Lipinski definition) is 6. The van der Waals surface area contributed by atoms with Crippen molar-refractivity contribution in [1.29, 1.82) is 0 Å². The van der Waals surface area contributed by atoms with Crippen LogP contribution in [0.2, 0.25) is 0 Å². The van der Waals surface area contributed by atoms with Crippen LogP contribution in [0, 0.1) is 0 Å². The van der Waals surface area contributed by atoms with Crippen molar-refractivity contribution in [1.82, 2.24) is 0 Å². The number of hydrogen-bond donors (Lipinski definition) is 2. The Balaban J connectivity index is 1.90. The molecule has 0 unspecified atom stereocenters. The van der Waals surface area contributed by atoms with Crippen LogP contribution in [0.5, 0.6) is 23.0 Å². The molecule has 4 rings (SSSR count). The second kappa shape index (κ2) is 7.59. The van der Waals surface area contributed by atoms with Gasteiger partial charge >= 0.3 is 0 Å². The normalized spacial score (nSPS) is 10.8. The van der Waals surface area contributed by atoms with Gasteiger partial charge in [0.05, 0.1) is 7.11 Å². The third kappa shape index (κ3) is 3.36. The average Bonchev–Trinajstić information content (AvgIpc) is 2.76. The van der Waals surface area contributed by atoms with E-state index in [1.807, 2.05) is 48.5 Å². The lowest BCUT2D eigenvalue weighted by molar-refractivity contribution is 0.264. The minimum Gasteiger partial charge on any atom is -0.504 e. The third-order valence-electron chi connectivity index (χ3n) is 4.52. The highest BCUT2D eigenvalue weighted by atomic mass is 16.5. The van der Waals surface area contributed by atoms with Crippen LogP contribution >= 0.6 is 0 Å². The number of ether oxygens (including phenoxy) is 2. The molecule has 146 valence electrons. The first-order valence-electron chi connectivity index (χ1n) is 8.92. The molecular formula is C23H18O6. The Bertz CT molecular complexity index is 1210. The largest absolute Gasteiger partial charge is 0.504 e. The summed E-state index contributed by atoms with van der Waals surface area (Å²) in [4.78, 5) is 12.7. The zero-order valence-corrected chi connectivity index (χ0v) is 15.6. The van der Waals surface area contributed by atoms with Crippen molar-refractivity contribution in [2.75, 3.05) is 7.11 Å². The molecular weight excluding hydrogens is 372 g/mol. The van der Waals surface area contributed by atoms with Gasteiger partial charge in [-0.15, -0.1) is 0 Å². The topological polar surface area (TPSA) is 89.1 Å². The van der Waals surface area contributed by atoms with Gasteiger partial charge in [0, 0.05) is 11.6 Å². The van der Waals surface area contributed by atoms with Crippen molar-refractivity contribution in [3.05, 3.63) is 82.5 Å². The molecule has 0 saturated heterocycles. The molecule has 0 bridgehead atoms. The van der Waals surface area contributed by atoms with Gasteiger partial charge in [0.25, 0.3) is 0 Å². The van der Waals surface area contributed by atoms with Crippen molar-refractivity contribution in [3.63, 3.8) is 0 Å². The quantitative estimate of drug-likeness (QED) is 0.489. The standard InChI is InChI=1S/C23H18O6/c1-27-23-21-18(16(24)12-17(29-21)15-10-6-3-7-11-15)19(25)20(26)22(23)28-13-14-8-4-2-5-9-14/h2-12,25-26H,13H2,1H3. The number of methoxy groups -OCH3 is 1. The Kier molecular flexibility index (Phi) is 4.83. The summed E-state index contributed by atoms with van der Waals surface area (Å²) in [6.45, 7) is 0.123. The Morgan fingerprint density at radius 3 is 2.21 bits per heavy atom. The van der Waals surface area contributed by atoms with Gasteiger partial charge in [-0.1, -0.05) is 60.7 Å². The molecule has 4 aromatic rings. The molecule has 0 amide bonds. The number of fused-ring (bicyclic) bond motifs is 1. The van der Waals surface area contributed by atoms with Gasteiger partial charge in [-0.05, 0) is 5.56 Å². The molecule has 0 atom stereocenters. The number of rotatable bonds is 5. The van der Waals surface area contributed by atoms with Gasteiger partial charge in [0.15, 0.2) is 16.8 Å². The molecule has 1 heterocycles. The lowest BCUT2D eigenvalue weighted by Gasteiger charge is -2.16. The molecule has 1 aromatic heterocycles. The van der Waals surface area contributed by atoms with E-state index >= 15 is 0 Å². The van der Waals surface area contributed by atoms with E-state index in [1.165, 1.54) is 13.2 Å². The van der Waals surface area contributed by atoms with Gasteiger partial charge in [-0.3, -0.25) is 4.79 Å². The zero-order chi connectivity index (χ0) is 20.4. The maximum Gasteiger partial charge on any atom is 0.211 e. The van der Waals surface area contributed by atoms with E-state index in [0.29, 0.717) is 11.3 Å². The van der Waals surface area contributed by atoms with Crippen LogP contribution in [0.3, 0.4) is 0 Å². The molecule has 6 nitrogen and oxygen atoms in total. The van der Waals surface area contributed by atoms with Gasteiger partial charge < -0.3 is 24.1 Å². The van der Waals surface area contributed by atoms with E-state index in [9.17, 15) is 15.0 Å². The fourth-order valence-electron chi connectivity index (χ4n) is 3.11. The summed E-state index contributed by atoms with van der Waals surface area (Å²) < 4.78 is 17.0. The maximum atomic E-state index is 12.7. The summed E-state index contributed by atoms with van der Waals surface area (Å²) in [6, 6.07) is 19.7. The lowest BCUT2D eigenvalue weighted by atomic mass is 10.1. The van der Waals surface area contributed by atoms with E-state index in [4.69, 9.17) is 13.9 Å². The molecule has 6 heteroatoms. The second-order valence-corrected chi connectivity index (χ2v) is 6.38. The lowest BCUT2D eigenvalue weighted by Crippen LogP contribution is -2.05. The van der Waals surface area contributed by atoms with Crippen LogP contribution in [0.15, 0.2) is 75.9 Å². The minimum atomic E-state index is -0.614. The van der Waals surface area contributed by atoms with Crippen LogP contribution in [0.25, 0.3) is 22.3 Å². The summed E-state index contributed by atoms with van der Waals surface area (Å²) in [5.74, 6) is -0.960. The minimum absolute atomic E-state index is 0.00258. The fourth-order valence-corrected chi connectivity index (χ4v) is 3.11. The second-order valence-electron chi connectivity index (χ2n) is 6.38. The van der Waals surface area contributed by atoms with Crippen LogP contribution < -0.4 is 14.9 Å². The zero-order valence-electron chi connectivity index (χ0n) is 15.6. The first-order valence-corrected chi connectivity index (χ1v) is 8.92. The van der Waals surface area contributed by atoms with Crippen molar-refractivity contribution in [3.8, 4) is 34.3 Å². The SMILES string of the molecule is COc1c(OCc2ccccc2)c(O)c(O)c2c(=O)cc(-c3ccccc3)oc12. The Labute approximate surface area is 166 Å². The molecule has 0 aliphatic carbocycles. The molecule has 2 N–H and O–H groups in total. The molecule has 29 heavy (non-hydrogen) atoms. The summed E-state index contributed by atoms with van der Waals surface area (Å²) in [5, 5.41) is 20.7. The number of aromatic hydroxyl groups is 2. The number of benzene rings is 3. The molecule has 0 radical (unpaired) electrons. The Hall–Kier alpha value is -3.93. The average molecular weight is 390 g/mol. The predicted molar refractivity (Wildman–Crippen MR) is 109 cm³/mol. The highest BCUT2D eigenvalue weighted by Gasteiger charge is 2.26. The van der Waals surface area contributed by atoms with Crippen molar-refractivity contribution >= 4 is 11.0 Å². The first kappa shape index (κ1) is 18.4. The molecule has 0 spiro atoms. The number of phenols is 2. The smallest absolute Gasteiger partial charge is 0.211 e. The third-order valence-corrected chi connectivity index (χ3v) is 4.52. The summed E-state index contributed by atoms with van der Waals surface area (Å²) in [5.41, 5.74) is 1.03. The summed E-state index contributed by atoms with van der Waals surface area (Å²) in [6.07, 6.45) is 0. The molecule has 3 aromatic carbocycles. The van der Waals surface area contributed by atoms with Gasteiger partial charge in [-0.2, -0.15) is 0 Å². The van der Waals surface area contributed by atoms with Crippen molar-refractivity contribution in [2.24, 2.45) is 0 Å². The van der Waals surface area contributed by atoms with Gasteiger partial charge in [-0.25, -0.2) is 0 Å². The highest BCUT2D eigenvalue weighted by Crippen LogP contribution is 2.49. The van der Waals surface area contributed by atoms with Crippen LogP contribution in [-0.4, -0.2) is 17.3 Å². The molecule has 0 fully saturated rings. The van der Waals surface area contributed by atoms with Crippen molar-refractivity contribution < 1.29 is 24.1 Å². The maximum absolute atomic E-state index is 12.7. The highest BCUT2D eigenvalue weighted by molar-refractivity contribution is 5.95. The van der Waals surface area contributed by atoms with E-state index in [-0.39, 0.29) is 29.1 Å². The monoisotopic (exact) mass is 390 g/mol. The van der Waals surface area contributed by atoms with Crippen LogP contribution in [0.4, 0.5) is 0 Å². The van der Waals surface area contributed by atoms with Gasteiger partial charge in [0.1, 0.15) is 17.8 Å².